The summed E-state index contributed by atoms with van der Waals surface area (Å²) in [6.45, 7) is 7.05. The number of carbonyl (C=O) groups is 1. The third-order valence-corrected chi connectivity index (χ3v) is 5.32. The van der Waals surface area contributed by atoms with E-state index in [-0.39, 0.29) is 5.91 Å². The molecule has 3 heterocycles. The van der Waals surface area contributed by atoms with Crippen molar-refractivity contribution in [2.45, 2.75) is 13.3 Å². The van der Waals surface area contributed by atoms with E-state index in [4.69, 9.17) is 9.72 Å². The molecule has 7 nitrogen and oxygen atoms in total. The Balaban J connectivity index is 1.54. The minimum atomic E-state index is -0.0762. The lowest BCUT2D eigenvalue weighted by atomic mass is 10.0. The molecule has 1 aromatic carbocycles. The first-order chi connectivity index (χ1) is 14.1. The molecule has 3 aromatic rings. The van der Waals surface area contributed by atoms with Crippen LogP contribution < -0.4 is 5.32 Å². The lowest BCUT2D eigenvalue weighted by molar-refractivity contribution is 0.0374. The highest BCUT2D eigenvalue weighted by Crippen LogP contribution is 2.26. The van der Waals surface area contributed by atoms with Crippen molar-refractivity contribution < 1.29 is 9.53 Å². The summed E-state index contributed by atoms with van der Waals surface area (Å²) in [5, 5.41) is 8.38. The van der Waals surface area contributed by atoms with Crippen LogP contribution in [0, 0.1) is 6.92 Å². The smallest absolute Gasteiger partial charge is 0.252 e. The van der Waals surface area contributed by atoms with Gasteiger partial charge in [-0.2, -0.15) is 5.10 Å². The number of pyridine rings is 1. The van der Waals surface area contributed by atoms with E-state index in [0.29, 0.717) is 12.1 Å². The third-order valence-electron chi connectivity index (χ3n) is 5.32. The number of ether oxygens (including phenoxy) is 1. The van der Waals surface area contributed by atoms with E-state index in [1.54, 1.807) is 4.68 Å². The van der Waals surface area contributed by atoms with Crippen LogP contribution in [-0.2, 0) is 11.8 Å². The van der Waals surface area contributed by atoms with Crippen LogP contribution in [0.2, 0.25) is 0 Å². The lowest BCUT2D eigenvalue weighted by Crippen LogP contribution is -2.38. The molecule has 0 saturated carbocycles. The maximum absolute atomic E-state index is 13.0. The van der Waals surface area contributed by atoms with Crippen LogP contribution in [0.25, 0.3) is 22.3 Å². The summed E-state index contributed by atoms with van der Waals surface area (Å²) in [7, 11) is 1.86. The predicted octanol–water partition coefficient (Wildman–Crippen LogP) is 2.40. The van der Waals surface area contributed by atoms with Gasteiger partial charge in [-0.3, -0.25) is 14.4 Å². The van der Waals surface area contributed by atoms with Crippen LogP contribution in [0.1, 0.15) is 22.5 Å². The van der Waals surface area contributed by atoms with Gasteiger partial charge in [0.15, 0.2) is 5.65 Å². The Morgan fingerprint density at radius 3 is 2.72 bits per heavy atom. The van der Waals surface area contributed by atoms with Gasteiger partial charge in [-0.1, -0.05) is 30.3 Å². The molecule has 0 atom stereocenters. The highest BCUT2D eigenvalue weighted by molar-refractivity contribution is 6.07. The van der Waals surface area contributed by atoms with E-state index in [1.807, 2.05) is 50.4 Å². The number of nitrogens with one attached hydrogen (secondary N) is 1. The Morgan fingerprint density at radius 1 is 1.21 bits per heavy atom. The summed E-state index contributed by atoms with van der Waals surface area (Å²) in [4.78, 5) is 20.2. The lowest BCUT2D eigenvalue weighted by Gasteiger charge is -2.26. The minimum absolute atomic E-state index is 0.0762. The van der Waals surface area contributed by atoms with Gasteiger partial charge in [-0.05, 0) is 26.0 Å². The number of benzene rings is 1. The largest absolute Gasteiger partial charge is 0.379 e. The zero-order valence-electron chi connectivity index (χ0n) is 17.0. The maximum atomic E-state index is 13.0. The summed E-state index contributed by atoms with van der Waals surface area (Å²) in [5.74, 6) is -0.0762. The zero-order chi connectivity index (χ0) is 20.2. The minimum Gasteiger partial charge on any atom is -0.379 e. The molecule has 0 bridgehead atoms. The molecule has 1 aliphatic heterocycles. The highest BCUT2D eigenvalue weighted by Gasteiger charge is 2.19. The second-order valence-corrected chi connectivity index (χ2v) is 7.39. The Bertz CT molecular complexity index is 993. The first-order valence-electron chi connectivity index (χ1n) is 10.1. The van der Waals surface area contributed by atoms with Crippen molar-refractivity contribution in [3.05, 3.63) is 47.7 Å². The molecule has 4 rings (SSSR count). The molecular formula is C22H27N5O2. The number of morpholine rings is 1. The number of rotatable bonds is 6. The molecule has 1 saturated heterocycles. The number of aryl methyl sites for hydroxylation is 2. The number of hydrogen-bond acceptors (Lipinski definition) is 5. The van der Waals surface area contributed by atoms with Crippen molar-refractivity contribution in [2.75, 3.05) is 39.4 Å². The van der Waals surface area contributed by atoms with E-state index in [2.05, 4.69) is 15.3 Å². The van der Waals surface area contributed by atoms with E-state index < -0.39 is 0 Å². The summed E-state index contributed by atoms with van der Waals surface area (Å²) in [5.41, 5.74) is 3.93. The maximum Gasteiger partial charge on any atom is 0.252 e. The molecule has 29 heavy (non-hydrogen) atoms. The van der Waals surface area contributed by atoms with Crippen molar-refractivity contribution in [1.82, 2.24) is 25.0 Å². The fourth-order valence-corrected chi connectivity index (χ4v) is 3.81. The Labute approximate surface area is 170 Å². The SMILES string of the molecule is Cc1nn(C)c2nc(-c3ccccc3)cc(C(=O)NCCCN3CCOCC3)c12. The molecule has 1 amide bonds. The average Bonchev–Trinajstić information content (AvgIpc) is 3.05. The van der Waals surface area contributed by atoms with E-state index in [0.717, 1.165) is 67.3 Å². The molecule has 152 valence electrons. The number of fused-ring (bicyclic) bond motifs is 1. The monoisotopic (exact) mass is 393 g/mol. The van der Waals surface area contributed by atoms with Crippen LogP contribution in [0.4, 0.5) is 0 Å². The highest BCUT2D eigenvalue weighted by atomic mass is 16.5. The van der Waals surface area contributed by atoms with Gasteiger partial charge in [-0.25, -0.2) is 4.98 Å². The summed E-state index contributed by atoms with van der Waals surface area (Å²) < 4.78 is 7.12. The van der Waals surface area contributed by atoms with Gasteiger partial charge < -0.3 is 10.1 Å². The van der Waals surface area contributed by atoms with Gasteiger partial charge in [-0.15, -0.1) is 0 Å². The van der Waals surface area contributed by atoms with Crippen LogP contribution in [0.15, 0.2) is 36.4 Å². The van der Waals surface area contributed by atoms with Gasteiger partial charge in [0.05, 0.1) is 35.6 Å². The molecule has 0 radical (unpaired) electrons. The summed E-state index contributed by atoms with van der Waals surface area (Å²) in [6, 6.07) is 11.8. The first-order valence-corrected chi connectivity index (χ1v) is 10.1. The fourth-order valence-electron chi connectivity index (χ4n) is 3.81. The summed E-state index contributed by atoms with van der Waals surface area (Å²) in [6.07, 6.45) is 0.914. The first kappa shape index (κ1) is 19.5. The molecule has 1 fully saturated rings. The molecule has 2 aromatic heterocycles. The van der Waals surface area contributed by atoms with Gasteiger partial charge in [0.1, 0.15) is 0 Å². The molecule has 1 aliphatic rings. The van der Waals surface area contributed by atoms with Crippen molar-refractivity contribution in [2.24, 2.45) is 7.05 Å². The van der Waals surface area contributed by atoms with Crippen molar-refractivity contribution >= 4 is 16.9 Å². The van der Waals surface area contributed by atoms with Gasteiger partial charge >= 0.3 is 0 Å². The molecule has 1 N–H and O–H groups in total. The van der Waals surface area contributed by atoms with Crippen LogP contribution in [-0.4, -0.2) is 65.0 Å². The van der Waals surface area contributed by atoms with Gasteiger partial charge in [0.2, 0.25) is 0 Å². The number of carbonyl (C=O) groups excluding carboxylic acids is 1. The number of amides is 1. The van der Waals surface area contributed by atoms with E-state index >= 15 is 0 Å². The Kier molecular flexibility index (Phi) is 5.87. The van der Waals surface area contributed by atoms with Crippen molar-refractivity contribution in [3.8, 4) is 11.3 Å². The Morgan fingerprint density at radius 2 is 1.97 bits per heavy atom. The Hall–Kier alpha value is -2.77. The quantitative estimate of drug-likeness (QED) is 0.651. The van der Waals surface area contributed by atoms with Crippen molar-refractivity contribution in [3.63, 3.8) is 0 Å². The molecule has 0 unspecified atom stereocenters. The summed E-state index contributed by atoms with van der Waals surface area (Å²) >= 11 is 0. The van der Waals surface area contributed by atoms with Crippen LogP contribution >= 0.6 is 0 Å². The third kappa shape index (κ3) is 4.31. The molecular weight excluding hydrogens is 366 g/mol. The second-order valence-electron chi connectivity index (χ2n) is 7.39. The topological polar surface area (TPSA) is 72.3 Å². The van der Waals surface area contributed by atoms with Crippen LogP contribution in [0.5, 0.6) is 0 Å². The standard InChI is InChI=1S/C22H27N5O2/c1-16-20-18(22(28)23-9-6-10-27-11-13-29-14-12-27)15-19(17-7-4-3-5-8-17)24-21(20)26(2)25-16/h3-5,7-8,15H,6,9-14H2,1-2H3,(H,23,28). The molecule has 7 heteroatoms. The fraction of sp³-hybridized carbons (Fsp3) is 0.409. The van der Waals surface area contributed by atoms with Crippen molar-refractivity contribution in [1.29, 1.82) is 0 Å². The van der Waals surface area contributed by atoms with E-state index in [1.165, 1.54) is 0 Å². The number of aromatic nitrogens is 3. The normalized spacial score (nSPS) is 15.0. The average molecular weight is 393 g/mol. The number of nitrogens with zero attached hydrogens (tertiary/aromatic N) is 4. The molecule has 0 spiro atoms. The second kappa shape index (κ2) is 8.71. The van der Waals surface area contributed by atoms with Gasteiger partial charge in [0.25, 0.3) is 5.91 Å². The number of hydrogen-bond donors (Lipinski definition) is 1. The predicted molar refractivity (Wildman–Crippen MR) is 113 cm³/mol. The van der Waals surface area contributed by atoms with E-state index in [9.17, 15) is 4.79 Å². The van der Waals surface area contributed by atoms with Crippen LogP contribution in [0.3, 0.4) is 0 Å². The molecule has 0 aliphatic carbocycles. The zero-order valence-corrected chi connectivity index (χ0v) is 17.0. The van der Waals surface area contributed by atoms with Gasteiger partial charge in [0, 0.05) is 32.2 Å².